The SMILES string of the molecule is CC(C)n1ncc2cc(NC(=O)C3CC(=O)N(CC4CC4)C3)cnc21. The van der Waals surface area contributed by atoms with Crippen molar-refractivity contribution in [3.63, 3.8) is 0 Å². The molecule has 2 fully saturated rings. The molecule has 1 N–H and O–H groups in total. The minimum absolute atomic E-state index is 0.0961. The van der Waals surface area contributed by atoms with E-state index in [1.807, 2.05) is 29.5 Å². The maximum Gasteiger partial charge on any atom is 0.229 e. The van der Waals surface area contributed by atoms with Crippen LogP contribution in [0.15, 0.2) is 18.5 Å². The summed E-state index contributed by atoms with van der Waals surface area (Å²) in [6.45, 7) is 5.44. The Kier molecular flexibility index (Phi) is 3.94. The summed E-state index contributed by atoms with van der Waals surface area (Å²) in [6, 6.07) is 2.11. The number of likely N-dealkylation sites (tertiary alicyclic amines) is 1. The van der Waals surface area contributed by atoms with E-state index in [0.717, 1.165) is 17.6 Å². The molecule has 2 aromatic rings. The lowest BCUT2D eigenvalue weighted by Crippen LogP contribution is -2.29. The van der Waals surface area contributed by atoms with Gasteiger partial charge in [0.05, 0.1) is 24.0 Å². The molecule has 7 heteroatoms. The lowest BCUT2D eigenvalue weighted by Gasteiger charge is -2.16. The minimum atomic E-state index is -0.277. The third-order valence-corrected chi connectivity index (χ3v) is 4.95. The van der Waals surface area contributed by atoms with Gasteiger partial charge in [-0.3, -0.25) is 9.59 Å². The van der Waals surface area contributed by atoms with Gasteiger partial charge in [0.25, 0.3) is 0 Å². The van der Waals surface area contributed by atoms with Crippen LogP contribution in [0, 0.1) is 11.8 Å². The molecule has 1 atom stereocenters. The van der Waals surface area contributed by atoms with Gasteiger partial charge in [0.15, 0.2) is 5.65 Å². The quantitative estimate of drug-likeness (QED) is 0.904. The predicted molar refractivity (Wildman–Crippen MR) is 94.0 cm³/mol. The maximum absolute atomic E-state index is 12.5. The van der Waals surface area contributed by atoms with E-state index in [1.165, 1.54) is 12.8 Å². The van der Waals surface area contributed by atoms with Gasteiger partial charge in [0, 0.05) is 30.9 Å². The summed E-state index contributed by atoms with van der Waals surface area (Å²) in [5.74, 6) is 0.359. The Morgan fingerprint density at radius 3 is 2.88 bits per heavy atom. The highest BCUT2D eigenvalue weighted by Crippen LogP contribution is 2.32. The molecule has 2 aliphatic rings. The zero-order chi connectivity index (χ0) is 17.6. The Morgan fingerprint density at radius 1 is 1.36 bits per heavy atom. The van der Waals surface area contributed by atoms with Crippen molar-refractivity contribution in [2.75, 3.05) is 18.4 Å². The van der Waals surface area contributed by atoms with Crippen LogP contribution in [0.2, 0.25) is 0 Å². The summed E-state index contributed by atoms with van der Waals surface area (Å²) in [5.41, 5.74) is 1.45. The van der Waals surface area contributed by atoms with Crippen molar-refractivity contribution >= 4 is 28.5 Å². The van der Waals surface area contributed by atoms with Crippen LogP contribution in [0.25, 0.3) is 11.0 Å². The molecule has 1 aliphatic carbocycles. The number of hydrogen-bond acceptors (Lipinski definition) is 4. The fourth-order valence-corrected chi connectivity index (χ4v) is 3.37. The van der Waals surface area contributed by atoms with Gasteiger partial charge in [0.1, 0.15) is 0 Å². The van der Waals surface area contributed by atoms with E-state index in [9.17, 15) is 9.59 Å². The topological polar surface area (TPSA) is 80.1 Å². The van der Waals surface area contributed by atoms with Crippen LogP contribution < -0.4 is 5.32 Å². The number of nitrogens with zero attached hydrogens (tertiary/aromatic N) is 4. The minimum Gasteiger partial charge on any atom is -0.342 e. The maximum atomic E-state index is 12.5. The highest BCUT2D eigenvalue weighted by molar-refractivity contribution is 5.98. The summed E-state index contributed by atoms with van der Waals surface area (Å²) < 4.78 is 1.85. The summed E-state index contributed by atoms with van der Waals surface area (Å²) in [5, 5.41) is 8.14. The van der Waals surface area contributed by atoms with Crippen LogP contribution in [-0.2, 0) is 9.59 Å². The smallest absolute Gasteiger partial charge is 0.229 e. The lowest BCUT2D eigenvalue weighted by atomic mass is 10.1. The number of pyridine rings is 1. The average molecular weight is 341 g/mol. The molecule has 1 saturated carbocycles. The normalized spacial score (nSPS) is 20.7. The Morgan fingerprint density at radius 2 is 2.16 bits per heavy atom. The van der Waals surface area contributed by atoms with Gasteiger partial charge in [-0.25, -0.2) is 9.67 Å². The third-order valence-electron chi connectivity index (χ3n) is 4.95. The van der Waals surface area contributed by atoms with E-state index in [4.69, 9.17) is 0 Å². The van der Waals surface area contributed by atoms with Gasteiger partial charge >= 0.3 is 0 Å². The van der Waals surface area contributed by atoms with Gasteiger partial charge in [-0.2, -0.15) is 5.10 Å². The van der Waals surface area contributed by atoms with Crippen LogP contribution in [0.3, 0.4) is 0 Å². The third kappa shape index (κ3) is 3.23. The number of hydrogen-bond donors (Lipinski definition) is 1. The van der Waals surface area contributed by atoms with Crippen LogP contribution in [0.5, 0.6) is 0 Å². The van der Waals surface area contributed by atoms with Crippen molar-refractivity contribution in [1.29, 1.82) is 0 Å². The second-order valence-electron chi connectivity index (χ2n) is 7.45. The molecule has 3 heterocycles. The van der Waals surface area contributed by atoms with E-state index in [2.05, 4.69) is 15.4 Å². The molecule has 0 aromatic carbocycles. The first kappa shape index (κ1) is 16.1. The van der Waals surface area contributed by atoms with E-state index >= 15 is 0 Å². The van der Waals surface area contributed by atoms with Gasteiger partial charge in [-0.15, -0.1) is 0 Å². The highest BCUT2D eigenvalue weighted by atomic mass is 16.2. The Balaban J connectivity index is 1.43. The zero-order valence-corrected chi connectivity index (χ0v) is 14.6. The number of nitrogens with one attached hydrogen (secondary N) is 1. The molecule has 1 unspecified atom stereocenters. The van der Waals surface area contributed by atoms with Crippen molar-refractivity contribution in [2.45, 2.75) is 39.2 Å². The second-order valence-corrected chi connectivity index (χ2v) is 7.45. The number of carbonyl (C=O) groups excluding carboxylic acids is 2. The van der Waals surface area contributed by atoms with Crippen molar-refractivity contribution < 1.29 is 9.59 Å². The first-order chi connectivity index (χ1) is 12.0. The van der Waals surface area contributed by atoms with Gasteiger partial charge in [0.2, 0.25) is 11.8 Å². The van der Waals surface area contributed by atoms with Crippen LogP contribution in [0.4, 0.5) is 5.69 Å². The average Bonchev–Trinajstić information content (AvgIpc) is 3.16. The molecule has 1 aliphatic heterocycles. The van der Waals surface area contributed by atoms with E-state index in [1.54, 1.807) is 12.4 Å². The molecule has 2 amide bonds. The zero-order valence-electron chi connectivity index (χ0n) is 14.6. The monoisotopic (exact) mass is 341 g/mol. The summed E-state index contributed by atoms with van der Waals surface area (Å²) in [6.07, 6.45) is 6.13. The summed E-state index contributed by atoms with van der Waals surface area (Å²) in [4.78, 5) is 30.9. The predicted octanol–water partition coefficient (Wildman–Crippen LogP) is 2.21. The molecule has 25 heavy (non-hydrogen) atoms. The Hall–Kier alpha value is -2.44. The number of amides is 2. The molecule has 0 bridgehead atoms. The molecule has 0 radical (unpaired) electrons. The van der Waals surface area contributed by atoms with E-state index in [-0.39, 0.29) is 23.8 Å². The standard InChI is InChI=1S/C18H23N5O2/c1-11(2)23-17-13(7-20-23)5-15(8-19-17)21-18(25)14-6-16(24)22(10-14)9-12-3-4-12/h5,7-8,11-12,14H,3-4,6,9-10H2,1-2H3,(H,21,25). The second kappa shape index (κ2) is 6.13. The molecule has 7 nitrogen and oxygen atoms in total. The largest absolute Gasteiger partial charge is 0.342 e. The van der Waals surface area contributed by atoms with Crippen LogP contribution >= 0.6 is 0 Å². The van der Waals surface area contributed by atoms with Gasteiger partial charge < -0.3 is 10.2 Å². The number of fused-ring (bicyclic) bond motifs is 1. The summed E-state index contributed by atoms with van der Waals surface area (Å²) >= 11 is 0. The van der Waals surface area contributed by atoms with Gasteiger partial charge in [-0.1, -0.05) is 0 Å². The van der Waals surface area contributed by atoms with E-state index in [0.29, 0.717) is 24.6 Å². The lowest BCUT2D eigenvalue weighted by molar-refractivity contribution is -0.128. The van der Waals surface area contributed by atoms with Crippen molar-refractivity contribution in [1.82, 2.24) is 19.7 Å². The Labute approximate surface area is 146 Å². The molecular weight excluding hydrogens is 318 g/mol. The molecule has 132 valence electrons. The number of rotatable bonds is 5. The summed E-state index contributed by atoms with van der Waals surface area (Å²) in [7, 11) is 0. The highest BCUT2D eigenvalue weighted by Gasteiger charge is 2.37. The first-order valence-electron chi connectivity index (χ1n) is 8.93. The van der Waals surface area contributed by atoms with Crippen LogP contribution in [-0.4, -0.2) is 44.6 Å². The van der Waals surface area contributed by atoms with Crippen molar-refractivity contribution in [2.24, 2.45) is 11.8 Å². The first-order valence-corrected chi connectivity index (χ1v) is 8.93. The molecule has 2 aromatic heterocycles. The molecule has 4 rings (SSSR count). The van der Waals surface area contributed by atoms with Crippen molar-refractivity contribution in [3.05, 3.63) is 18.5 Å². The fourth-order valence-electron chi connectivity index (χ4n) is 3.37. The van der Waals surface area contributed by atoms with Crippen molar-refractivity contribution in [3.8, 4) is 0 Å². The Bertz CT molecular complexity index is 824. The fraction of sp³-hybridized carbons (Fsp3) is 0.556. The van der Waals surface area contributed by atoms with Crippen LogP contribution in [0.1, 0.15) is 39.2 Å². The molecular formula is C18H23N5O2. The number of carbonyl (C=O) groups is 2. The molecule has 0 spiro atoms. The number of anilines is 1. The van der Waals surface area contributed by atoms with E-state index < -0.39 is 0 Å². The number of aromatic nitrogens is 3. The molecule has 1 saturated heterocycles. The van der Waals surface area contributed by atoms with Gasteiger partial charge in [-0.05, 0) is 38.7 Å².